The fraction of sp³-hybridized carbons (Fsp3) is 0.562. The SMILES string of the molecule is CCOC(=O)C[C@H](N[S+]([O-])C(C)(C)C)c1cc(Br)cc(C(F)F)c1F. The molecule has 25 heavy (non-hydrogen) atoms. The Morgan fingerprint density at radius 2 is 1.92 bits per heavy atom. The second-order valence-electron chi connectivity index (χ2n) is 6.26. The number of hydrogen-bond donors (Lipinski definition) is 1. The molecule has 0 saturated carbocycles. The van der Waals surface area contributed by atoms with Gasteiger partial charge in [0.25, 0.3) is 6.43 Å². The van der Waals surface area contributed by atoms with E-state index in [0.29, 0.717) is 0 Å². The number of benzene rings is 1. The predicted octanol–water partition coefficient (Wildman–Crippen LogP) is 4.57. The van der Waals surface area contributed by atoms with Gasteiger partial charge in [-0.15, -0.1) is 4.72 Å². The Morgan fingerprint density at radius 1 is 1.36 bits per heavy atom. The van der Waals surface area contributed by atoms with Crippen LogP contribution in [0.15, 0.2) is 16.6 Å². The Hall–Kier alpha value is -0.770. The molecule has 0 bridgehead atoms. The van der Waals surface area contributed by atoms with E-state index in [-0.39, 0.29) is 23.1 Å². The average Bonchev–Trinajstić information content (AvgIpc) is 2.47. The highest BCUT2D eigenvalue weighted by Crippen LogP contribution is 2.33. The number of nitrogens with one attached hydrogen (secondary N) is 1. The van der Waals surface area contributed by atoms with Crippen molar-refractivity contribution in [1.82, 2.24) is 4.72 Å². The van der Waals surface area contributed by atoms with E-state index in [1.807, 2.05) is 0 Å². The lowest BCUT2D eigenvalue weighted by Gasteiger charge is -2.28. The van der Waals surface area contributed by atoms with Gasteiger partial charge in [0.05, 0.1) is 24.6 Å². The molecule has 0 aliphatic carbocycles. The summed E-state index contributed by atoms with van der Waals surface area (Å²) >= 11 is 1.42. The topological polar surface area (TPSA) is 61.4 Å². The van der Waals surface area contributed by atoms with E-state index in [0.717, 1.165) is 6.07 Å². The van der Waals surface area contributed by atoms with Gasteiger partial charge in [0, 0.05) is 21.4 Å². The Balaban J connectivity index is 3.29. The molecular formula is C16H21BrF3NO3S. The van der Waals surface area contributed by atoms with Gasteiger partial charge in [0.1, 0.15) is 10.6 Å². The first-order chi connectivity index (χ1) is 11.5. The maximum absolute atomic E-state index is 14.5. The van der Waals surface area contributed by atoms with Crippen LogP contribution >= 0.6 is 15.9 Å². The van der Waals surface area contributed by atoms with Crippen molar-refractivity contribution < 1.29 is 27.3 Å². The van der Waals surface area contributed by atoms with Gasteiger partial charge >= 0.3 is 5.97 Å². The lowest BCUT2D eigenvalue weighted by atomic mass is 10.0. The summed E-state index contributed by atoms with van der Waals surface area (Å²) < 4.78 is 60.1. The smallest absolute Gasteiger partial charge is 0.307 e. The molecule has 0 aromatic heterocycles. The van der Waals surface area contributed by atoms with Crippen molar-refractivity contribution in [1.29, 1.82) is 0 Å². The molecule has 9 heteroatoms. The number of rotatable bonds is 7. The number of hydrogen-bond acceptors (Lipinski definition) is 4. The quantitative estimate of drug-likeness (QED) is 0.495. The van der Waals surface area contributed by atoms with Crippen molar-refractivity contribution in [2.24, 2.45) is 0 Å². The zero-order valence-corrected chi connectivity index (χ0v) is 16.8. The minimum Gasteiger partial charge on any atom is -0.598 e. The molecule has 0 amide bonds. The standard InChI is InChI=1S/C16H21BrF3NO3S/c1-5-24-13(22)8-12(21-25(23)16(2,3)4)10-6-9(17)7-11(14(10)18)15(19)20/h6-7,12,15,21H,5,8H2,1-4H3/t12-,25?/m0/s1. The number of halogens is 4. The average molecular weight is 444 g/mol. The van der Waals surface area contributed by atoms with E-state index < -0.39 is 45.9 Å². The summed E-state index contributed by atoms with van der Waals surface area (Å²) in [7, 11) is 0. The van der Waals surface area contributed by atoms with Crippen LogP contribution in [0.4, 0.5) is 13.2 Å². The van der Waals surface area contributed by atoms with Gasteiger partial charge in [-0.2, -0.15) is 0 Å². The molecule has 1 N–H and O–H groups in total. The fourth-order valence-corrected chi connectivity index (χ4v) is 3.27. The van der Waals surface area contributed by atoms with Crippen molar-refractivity contribution in [3.63, 3.8) is 0 Å². The van der Waals surface area contributed by atoms with Crippen molar-refractivity contribution in [2.75, 3.05) is 6.61 Å². The lowest BCUT2D eigenvalue weighted by molar-refractivity contribution is -0.143. The maximum Gasteiger partial charge on any atom is 0.307 e. The summed E-state index contributed by atoms with van der Waals surface area (Å²) in [5.41, 5.74) is -0.961. The highest BCUT2D eigenvalue weighted by molar-refractivity contribution is 9.10. The minimum absolute atomic E-state index is 0.122. The first kappa shape index (κ1) is 22.3. The molecular weight excluding hydrogens is 423 g/mol. The molecule has 0 spiro atoms. The van der Waals surface area contributed by atoms with Crippen LogP contribution in [0.3, 0.4) is 0 Å². The molecule has 0 fully saturated rings. The summed E-state index contributed by atoms with van der Waals surface area (Å²) in [6, 6.07) is 1.19. The molecule has 0 heterocycles. The van der Waals surface area contributed by atoms with Gasteiger partial charge in [0.15, 0.2) is 0 Å². The molecule has 0 aliphatic rings. The van der Waals surface area contributed by atoms with Crippen LogP contribution in [0, 0.1) is 5.82 Å². The first-order valence-corrected chi connectivity index (χ1v) is 9.52. The summed E-state index contributed by atoms with van der Waals surface area (Å²) in [5, 5.41) is 0. The van der Waals surface area contributed by atoms with E-state index in [9.17, 15) is 22.5 Å². The molecule has 1 unspecified atom stereocenters. The van der Waals surface area contributed by atoms with Crippen LogP contribution in [0.1, 0.15) is 57.7 Å². The molecule has 0 saturated heterocycles. The molecule has 1 aromatic rings. The molecule has 4 nitrogen and oxygen atoms in total. The van der Waals surface area contributed by atoms with Gasteiger partial charge in [0.2, 0.25) is 0 Å². The second kappa shape index (κ2) is 9.25. The number of esters is 1. The lowest BCUT2D eigenvalue weighted by Crippen LogP contribution is -2.42. The first-order valence-electron chi connectivity index (χ1n) is 7.58. The fourth-order valence-electron chi connectivity index (χ4n) is 1.95. The molecule has 142 valence electrons. The number of alkyl halides is 2. The third-order valence-electron chi connectivity index (χ3n) is 3.19. The maximum atomic E-state index is 14.5. The van der Waals surface area contributed by atoms with Gasteiger partial charge in [-0.05, 0) is 39.8 Å². The zero-order valence-electron chi connectivity index (χ0n) is 14.4. The monoisotopic (exact) mass is 443 g/mol. The van der Waals surface area contributed by atoms with Crippen LogP contribution in [-0.2, 0) is 20.9 Å². The van der Waals surface area contributed by atoms with Crippen LogP contribution in [0.5, 0.6) is 0 Å². The number of ether oxygens (including phenoxy) is 1. The van der Waals surface area contributed by atoms with E-state index in [1.54, 1.807) is 27.7 Å². The Kier molecular flexibility index (Phi) is 8.24. The van der Waals surface area contributed by atoms with Crippen LogP contribution in [-0.4, -0.2) is 21.9 Å². The minimum atomic E-state index is -3.02. The molecule has 1 aromatic carbocycles. The normalized spacial score (nSPS) is 14.5. The van der Waals surface area contributed by atoms with Gasteiger partial charge < -0.3 is 9.29 Å². The van der Waals surface area contributed by atoms with Crippen LogP contribution < -0.4 is 4.72 Å². The van der Waals surface area contributed by atoms with Gasteiger partial charge in [-0.3, -0.25) is 4.79 Å². The van der Waals surface area contributed by atoms with Crippen LogP contribution in [0.2, 0.25) is 0 Å². The van der Waals surface area contributed by atoms with Crippen molar-refractivity contribution >= 4 is 33.3 Å². The van der Waals surface area contributed by atoms with Crippen molar-refractivity contribution in [3.8, 4) is 0 Å². The highest BCUT2D eigenvalue weighted by Gasteiger charge is 2.33. The second-order valence-corrected chi connectivity index (χ2v) is 9.17. The third-order valence-corrected chi connectivity index (χ3v) is 5.25. The largest absolute Gasteiger partial charge is 0.598 e. The van der Waals surface area contributed by atoms with E-state index >= 15 is 0 Å². The zero-order chi connectivity index (χ0) is 19.4. The van der Waals surface area contributed by atoms with E-state index in [4.69, 9.17) is 4.74 Å². The molecule has 1 rings (SSSR count). The Bertz CT molecular complexity index is 611. The Labute approximate surface area is 156 Å². The summed E-state index contributed by atoms with van der Waals surface area (Å²) in [6.45, 7) is 6.82. The third kappa shape index (κ3) is 6.47. The van der Waals surface area contributed by atoms with E-state index in [1.165, 1.54) is 6.07 Å². The van der Waals surface area contributed by atoms with Crippen LogP contribution in [0.25, 0.3) is 0 Å². The summed E-state index contributed by atoms with van der Waals surface area (Å²) in [4.78, 5) is 11.8. The van der Waals surface area contributed by atoms with Crippen molar-refractivity contribution in [3.05, 3.63) is 33.5 Å². The van der Waals surface area contributed by atoms with Gasteiger partial charge in [-0.1, -0.05) is 15.9 Å². The highest BCUT2D eigenvalue weighted by atomic mass is 79.9. The predicted molar refractivity (Wildman–Crippen MR) is 94.1 cm³/mol. The van der Waals surface area contributed by atoms with Gasteiger partial charge in [-0.25, -0.2) is 13.2 Å². The van der Waals surface area contributed by atoms with Crippen molar-refractivity contribution in [2.45, 2.75) is 51.3 Å². The summed E-state index contributed by atoms with van der Waals surface area (Å²) in [5.74, 6) is -1.78. The summed E-state index contributed by atoms with van der Waals surface area (Å²) in [6.07, 6.45) is -3.36. The number of carbonyl (C=O) groups is 1. The number of carbonyl (C=O) groups excluding carboxylic acids is 1. The molecule has 0 radical (unpaired) electrons. The molecule has 2 atom stereocenters. The Morgan fingerprint density at radius 3 is 2.40 bits per heavy atom. The molecule has 0 aliphatic heterocycles. The van der Waals surface area contributed by atoms with E-state index in [2.05, 4.69) is 20.7 Å².